The molecule has 9 nitrogen and oxygen atoms in total. The Hall–Kier alpha value is -2.93. The lowest BCUT2D eigenvalue weighted by molar-refractivity contribution is 0.0117. The molecule has 3 heterocycles. The number of amides is 1. The smallest absolute Gasteiger partial charge is 0.407 e. The van der Waals surface area contributed by atoms with Crippen LogP contribution >= 0.6 is 11.3 Å². The van der Waals surface area contributed by atoms with Crippen molar-refractivity contribution in [1.29, 1.82) is 5.26 Å². The second-order valence-corrected chi connectivity index (χ2v) is 8.66. The predicted octanol–water partition coefficient (Wildman–Crippen LogP) is 3.48. The van der Waals surface area contributed by atoms with Gasteiger partial charge in [0.2, 0.25) is 5.88 Å². The van der Waals surface area contributed by atoms with Crippen molar-refractivity contribution < 1.29 is 14.6 Å². The van der Waals surface area contributed by atoms with Crippen molar-refractivity contribution in [2.75, 3.05) is 11.9 Å². The standard InChI is InChI=1S/C18H22N6O3S/c1-18(2,3)13-6-11(4-5-24(13)17(25)26)27-15-7-14(21-10-22-15)23-16-20-9-12(8-19)28-16/h7,9-11,13H,4-6H2,1-3H3,(H,25,26)(H,20,21,22,23). The maximum absolute atomic E-state index is 11.5. The number of ether oxygens (including phenoxy) is 1. The molecule has 148 valence electrons. The van der Waals surface area contributed by atoms with E-state index in [1.807, 2.05) is 26.8 Å². The highest BCUT2D eigenvalue weighted by atomic mass is 32.1. The molecule has 2 unspecified atom stereocenters. The number of hydrogen-bond donors (Lipinski definition) is 2. The average molecular weight is 402 g/mol. The van der Waals surface area contributed by atoms with E-state index in [1.165, 1.54) is 28.8 Å². The lowest BCUT2D eigenvalue weighted by atomic mass is 9.80. The first-order valence-electron chi connectivity index (χ1n) is 8.87. The monoisotopic (exact) mass is 402 g/mol. The molecule has 0 spiro atoms. The molecule has 2 aromatic heterocycles. The first-order valence-corrected chi connectivity index (χ1v) is 9.69. The summed E-state index contributed by atoms with van der Waals surface area (Å²) in [5, 5.41) is 21.9. The van der Waals surface area contributed by atoms with Crippen LogP contribution in [0.25, 0.3) is 0 Å². The van der Waals surface area contributed by atoms with Gasteiger partial charge in [-0.25, -0.2) is 19.7 Å². The Morgan fingerprint density at radius 3 is 2.86 bits per heavy atom. The van der Waals surface area contributed by atoms with Gasteiger partial charge in [0.25, 0.3) is 0 Å². The lowest BCUT2D eigenvalue weighted by Gasteiger charge is -2.44. The Balaban J connectivity index is 1.68. The number of carboxylic acid groups (broad SMARTS) is 1. The topological polar surface area (TPSA) is 124 Å². The fourth-order valence-electron chi connectivity index (χ4n) is 3.23. The van der Waals surface area contributed by atoms with Gasteiger partial charge in [-0.3, -0.25) is 0 Å². The molecule has 0 radical (unpaired) electrons. The Bertz CT molecular complexity index is 888. The van der Waals surface area contributed by atoms with Gasteiger partial charge in [-0.15, -0.1) is 0 Å². The Morgan fingerprint density at radius 1 is 1.43 bits per heavy atom. The molecular weight excluding hydrogens is 380 g/mol. The molecule has 2 aromatic rings. The highest BCUT2D eigenvalue weighted by molar-refractivity contribution is 7.16. The van der Waals surface area contributed by atoms with Crippen LogP contribution in [0.1, 0.15) is 38.5 Å². The van der Waals surface area contributed by atoms with E-state index in [9.17, 15) is 9.90 Å². The van der Waals surface area contributed by atoms with Gasteiger partial charge in [0, 0.05) is 31.5 Å². The van der Waals surface area contributed by atoms with Crippen LogP contribution in [0.4, 0.5) is 15.7 Å². The molecule has 1 fully saturated rings. The Labute approximate surface area is 167 Å². The van der Waals surface area contributed by atoms with Crippen LogP contribution in [-0.4, -0.2) is 49.7 Å². The number of hydrogen-bond acceptors (Lipinski definition) is 8. The maximum Gasteiger partial charge on any atom is 0.407 e. The van der Waals surface area contributed by atoms with E-state index in [0.717, 1.165) is 0 Å². The van der Waals surface area contributed by atoms with Crippen LogP contribution < -0.4 is 10.1 Å². The first kappa shape index (κ1) is 19.8. The number of carbonyl (C=O) groups is 1. The number of aromatic nitrogens is 3. The molecular formula is C18H22N6O3S. The second-order valence-electron chi connectivity index (χ2n) is 7.63. The van der Waals surface area contributed by atoms with E-state index < -0.39 is 6.09 Å². The van der Waals surface area contributed by atoms with E-state index in [-0.39, 0.29) is 17.6 Å². The van der Waals surface area contributed by atoms with Crippen LogP contribution in [0.2, 0.25) is 0 Å². The fourth-order valence-corrected chi connectivity index (χ4v) is 3.85. The molecule has 28 heavy (non-hydrogen) atoms. The fraction of sp³-hybridized carbons (Fsp3) is 0.500. The van der Waals surface area contributed by atoms with E-state index in [4.69, 9.17) is 10.00 Å². The third-order valence-electron chi connectivity index (χ3n) is 4.58. The number of anilines is 2. The molecule has 0 aliphatic carbocycles. The molecule has 1 saturated heterocycles. The van der Waals surface area contributed by atoms with Gasteiger partial charge in [0.1, 0.15) is 29.2 Å². The Morgan fingerprint density at radius 2 is 2.21 bits per heavy atom. The summed E-state index contributed by atoms with van der Waals surface area (Å²) in [6.45, 7) is 6.53. The molecule has 0 bridgehead atoms. The van der Waals surface area contributed by atoms with Crippen LogP contribution in [-0.2, 0) is 0 Å². The number of nitrogens with one attached hydrogen (secondary N) is 1. The Kier molecular flexibility index (Phi) is 5.65. The summed E-state index contributed by atoms with van der Waals surface area (Å²) >= 11 is 1.23. The van der Waals surface area contributed by atoms with Crippen LogP contribution in [0.15, 0.2) is 18.6 Å². The minimum atomic E-state index is -0.896. The van der Waals surface area contributed by atoms with Crippen molar-refractivity contribution in [3.63, 3.8) is 0 Å². The SMILES string of the molecule is CC(C)(C)C1CC(Oc2cc(Nc3ncc(C#N)s3)ncn2)CCN1C(=O)O. The minimum absolute atomic E-state index is 0.132. The van der Waals surface area contributed by atoms with Gasteiger partial charge in [-0.2, -0.15) is 5.26 Å². The van der Waals surface area contributed by atoms with E-state index in [0.29, 0.717) is 41.1 Å². The zero-order chi connectivity index (χ0) is 20.3. The molecule has 1 aliphatic rings. The molecule has 0 saturated carbocycles. The summed E-state index contributed by atoms with van der Waals surface area (Å²) in [5.41, 5.74) is -0.192. The summed E-state index contributed by atoms with van der Waals surface area (Å²) in [5.74, 6) is 0.926. The highest BCUT2D eigenvalue weighted by Crippen LogP contribution is 2.33. The number of thiazole rings is 1. The maximum atomic E-state index is 11.5. The number of likely N-dealkylation sites (tertiary alicyclic amines) is 1. The number of piperidine rings is 1. The molecule has 0 aromatic carbocycles. The van der Waals surface area contributed by atoms with E-state index >= 15 is 0 Å². The van der Waals surface area contributed by atoms with Crippen molar-refractivity contribution in [3.05, 3.63) is 23.5 Å². The summed E-state index contributed by atoms with van der Waals surface area (Å²) in [6, 6.07) is 3.57. The normalized spacial score (nSPS) is 19.7. The minimum Gasteiger partial charge on any atom is -0.474 e. The number of rotatable bonds is 4. The largest absolute Gasteiger partial charge is 0.474 e. The first-order chi connectivity index (χ1) is 13.3. The molecule has 2 atom stereocenters. The summed E-state index contributed by atoms with van der Waals surface area (Å²) in [7, 11) is 0. The molecule has 1 amide bonds. The predicted molar refractivity (Wildman–Crippen MR) is 104 cm³/mol. The van der Waals surface area contributed by atoms with Crippen molar-refractivity contribution >= 4 is 28.4 Å². The van der Waals surface area contributed by atoms with Gasteiger partial charge < -0.3 is 20.1 Å². The molecule has 10 heteroatoms. The van der Waals surface area contributed by atoms with E-state index in [1.54, 1.807) is 6.07 Å². The van der Waals surface area contributed by atoms with Crippen LogP contribution in [0, 0.1) is 16.7 Å². The third-order valence-corrected chi connectivity index (χ3v) is 5.40. The highest BCUT2D eigenvalue weighted by Gasteiger charge is 2.39. The quantitative estimate of drug-likeness (QED) is 0.796. The summed E-state index contributed by atoms with van der Waals surface area (Å²) < 4.78 is 6.03. The van der Waals surface area contributed by atoms with Gasteiger partial charge in [0.15, 0.2) is 5.13 Å². The van der Waals surface area contributed by atoms with Gasteiger partial charge >= 0.3 is 6.09 Å². The van der Waals surface area contributed by atoms with Crippen molar-refractivity contribution in [2.45, 2.75) is 45.8 Å². The molecule has 1 aliphatic heterocycles. The van der Waals surface area contributed by atoms with Crippen LogP contribution in [0.5, 0.6) is 5.88 Å². The summed E-state index contributed by atoms with van der Waals surface area (Å²) in [4.78, 5) is 26.0. The van der Waals surface area contributed by atoms with Crippen molar-refractivity contribution in [2.24, 2.45) is 5.41 Å². The number of nitriles is 1. The lowest BCUT2D eigenvalue weighted by Crippen LogP contribution is -2.53. The summed E-state index contributed by atoms with van der Waals surface area (Å²) in [6.07, 6.45) is 3.06. The molecule has 2 N–H and O–H groups in total. The zero-order valence-electron chi connectivity index (χ0n) is 15.9. The van der Waals surface area contributed by atoms with Crippen LogP contribution in [0.3, 0.4) is 0 Å². The third kappa shape index (κ3) is 4.67. The second kappa shape index (κ2) is 7.98. The van der Waals surface area contributed by atoms with Gasteiger partial charge in [0.05, 0.1) is 6.20 Å². The van der Waals surface area contributed by atoms with Gasteiger partial charge in [-0.05, 0) is 5.41 Å². The number of nitrogens with zero attached hydrogens (tertiary/aromatic N) is 5. The van der Waals surface area contributed by atoms with Gasteiger partial charge in [-0.1, -0.05) is 32.1 Å². The zero-order valence-corrected chi connectivity index (χ0v) is 16.7. The molecule has 3 rings (SSSR count). The van der Waals surface area contributed by atoms with Crippen molar-refractivity contribution in [1.82, 2.24) is 19.9 Å². The van der Waals surface area contributed by atoms with E-state index in [2.05, 4.69) is 20.3 Å². The van der Waals surface area contributed by atoms with Crippen molar-refractivity contribution in [3.8, 4) is 11.9 Å². The average Bonchev–Trinajstić information content (AvgIpc) is 3.08.